The molecule has 0 spiro atoms. The first-order chi connectivity index (χ1) is 13.3. The lowest BCUT2D eigenvalue weighted by molar-refractivity contribution is -0.0839. The van der Waals surface area contributed by atoms with Crippen LogP contribution in [0.25, 0.3) is 0 Å². The van der Waals surface area contributed by atoms with E-state index in [9.17, 15) is 0 Å². The van der Waals surface area contributed by atoms with Crippen LogP contribution in [0.2, 0.25) is 0 Å². The fourth-order valence-corrected chi connectivity index (χ4v) is 4.36. The molecule has 4 heteroatoms. The monoisotopic (exact) mass is 391 g/mol. The van der Waals surface area contributed by atoms with Gasteiger partial charge in [0, 0.05) is 13.2 Å². The Bertz CT molecular complexity index is 585. The summed E-state index contributed by atoms with van der Waals surface area (Å²) in [6.07, 6.45) is 6.28. The van der Waals surface area contributed by atoms with Crippen molar-refractivity contribution in [3.8, 4) is 11.5 Å². The second-order valence-electron chi connectivity index (χ2n) is 9.25. The van der Waals surface area contributed by atoms with Crippen LogP contribution in [0.15, 0.2) is 18.2 Å². The van der Waals surface area contributed by atoms with E-state index in [0.29, 0.717) is 0 Å². The van der Waals surface area contributed by atoms with Crippen LogP contribution >= 0.6 is 0 Å². The minimum atomic E-state index is 0.0338. The average Bonchev–Trinajstić information content (AvgIpc) is 2.66. The lowest BCUT2D eigenvalue weighted by atomic mass is 9.75. The Labute approximate surface area is 172 Å². The summed E-state index contributed by atoms with van der Waals surface area (Å²) in [6.45, 7) is 12.0. The van der Waals surface area contributed by atoms with E-state index < -0.39 is 0 Å². The second kappa shape index (κ2) is 11.1. The summed E-state index contributed by atoms with van der Waals surface area (Å²) in [5, 5.41) is 3.64. The predicted octanol–water partition coefficient (Wildman–Crippen LogP) is 5.44. The van der Waals surface area contributed by atoms with Gasteiger partial charge < -0.3 is 19.5 Å². The van der Waals surface area contributed by atoms with Gasteiger partial charge in [0.05, 0.1) is 19.8 Å². The molecule has 1 aromatic rings. The van der Waals surface area contributed by atoms with Gasteiger partial charge in [0.2, 0.25) is 0 Å². The first-order valence-corrected chi connectivity index (χ1v) is 10.9. The lowest BCUT2D eigenvalue weighted by Crippen LogP contribution is -2.37. The van der Waals surface area contributed by atoms with Crippen molar-refractivity contribution in [3.63, 3.8) is 0 Å². The highest BCUT2D eigenvalue weighted by Gasteiger charge is 2.33. The van der Waals surface area contributed by atoms with Gasteiger partial charge in [0.1, 0.15) is 0 Å². The van der Waals surface area contributed by atoms with Crippen LogP contribution in [0.5, 0.6) is 11.5 Å². The van der Waals surface area contributed by atoms with Crippen molar-refractivity contribution < 1.29 is 14.2 Å². The largest absolute Gasteiger partial charge is 0.493 e. The standard InChI is InChI=1S/C24H41NO3/c1-18(2)7-9-20(21-12-14-28-24(3,4)16-21)11-13-25-17-19-8-10-22(26-5)23(15-19)27-6/h8,10,15,18,20-21,25H,7,9,11-14,16-17H2,1-6H3/t20-,21+/m0/s1. The van der Waals surface area contributed by atoms with E-state index in [1.54, 1.807) is 14.2 Å². The van der Waals surface area contributed by atoms with Gasteiger partial charge in [0.25, 0.3) is 0 Å². The summed E-state index contributed by atoms with van der Waals surface area (Å²) in [5.41, 5.74) is 1.26. The Hall–Kier alpha value is -1.26. The van der Waals surface area contributed by atoms with E-state index in [-0.39, 0.29) is 5.60 Å². The number of rotatable bonds is 11. The van der Waals surface area contributed by atoms with Crippen LogP contribution in [0.3, 0.4) is 0 Å². The van der Waals surface area contributed by atoms with Gasteiger partial charge >= 0.3 is 0 Å². The summed E-state index contributed by atoms with van der Waals surface area (Å²) >= 11 is 0. The summed E-state index contributed by atoms with van der Waals surface area (Å²) in [5.74, 6) is 3.91. The van der Waals surface area contributed by atoms with Gasteiger partial charge in [-0.15, -0.1) is 0 Å². The highest BCUT2D eigenvalue weighted by Crippen LogP contribution is 2.37. The molecule has 4 nitrogen and oxygen atoms in total. The maximum absolute atomic E-state index is 5.96. The zero-order valence-electron chi connectivity index (χ0n) is 18.8. The minimum absolute atomic E-state index is 0.0338. The number of hydrogen-bond acceptors (Lipinski definition) is 4. The van der Waals surface area contributed by atoms with Crippen LogP contribution in [0.4, 0.5) is 0 Å². The van der Waals surface area contributed by atoms with Gasteiger partial charge in [-0.2, -0.15) is 0 Å². The van der Waals surface area contributed by atoms with Crippen LogP contribution in [-0.2, 0) is 11.3 Å². The summed E-state index contributed by atoms with van der Waals surface area (Å²) in [6, 6.07) is 6.14. The zero-order valence-corrected chi connectivity index (χ0v) is 18.8. The molecule has 1 aromatic carbocycles. The van der Waals surface area contributed by atoms with E-state index in [1.807, 2.05) is 6.07 Å². The van der Waals surface area contributed by atoms with Crippen molar-refractivity contribution in [3.05, 3.63) is 23.8 Å². The van der Waals surface area contributed by atoms with Gasteiger partial charge in [0.15, 0.2) is 11.5 Å². The maximum Gasteiger partial charge on any atom is 0.161 e. The van der Waals surface area contributed by atoms with Crippen molar-refractivity contribution in [1.29, 1.82) is 0 Å². The Kier molecular flexibility index (Phi) is 9.10. The van der Waals surface area contributed by atoms with Crippen molar-refractivity contribution in [1.82, 2.24) is 5.32 Å². The van der Waals surface area contributed by atoms with Gasteiger partial charge in [-0.25, -0.2) is 0 Å². The SMILES string of the molecule is COc1ccc(CNCC[C@H](CCC(C)C)[C@@H]2CCOC(C)(C)C2)cc1OC. The minimum Gasteiger partial charge on any atom is -0.493 e. The molecule has 0 aromatic heterocycles. The molecule has 28 heavy (non-hydrogen) atoms. The topological polar surface area (TPSA) is 39.7 Å². The van der Waals surface area contributed by atoms with E-state index in [4.69, 9.17) is 14.2 Å². The van der Waals surface area contributed by atoms with Crippen molar-refractivity contribution in [2.45, 2.75) is 71.9 Å². The highest BCUT2D eigenvalue weighted by molar-refractivity contribution is 5.42. The molecule has 1 heterocycles. The molecule has 1 aliphatic rings. The third kappa shape index (κ3) is 7.29. The summed E-state index contributed by atoms with van der Waals surface area (Å²) < 4.78 is 16.7. The second-order valence-corrected chi connectivity index (χ2v) is 9.25. The Balaban J connectivity index is 1.87. The Morgan fingerprint density at radius 1 is 1.11 bits per heavy atom. The molecule has 1 N–H and O–H groups in total. The van der Waals surface area contributed by atoms with E-state index in [1.165, 1.54) is 37.7 Å². The predicted molar refractivity (Wildman–Crippen MR) is 116 cm³/mol. The molecule has 0 unspecified atom stereocenters. The number of methoxy groups -OCH3 is 2. The van der Waals surface area contributed by atoms with E-state index in [2.05, 4.69) is 45.1 Å². The van der Waals surface area contributed by atoms with Crippen LogP contribution in [-0.4, -0.2) is 33.0 Å². The van der Waals surface area contributed by atoms with Crippen molar-refractivity contribution in [2.75, 3.05) is 27.4 Å². The molecular formula is C24H41NO3. The molecule has 0 aliphatic carbocycles. The molecule has 160 valence electrons. The number of ether oxygens (including phenoxy) is 3. The third-order valence-electron chi connectivity index (χ3n) is 5.99. The zero-order chi connectivity index (χ0) is 20.6. The van der Waals surface area contributed by atoms with Crippen LogP contribution in [0, 0.1) is 17.8 Å². The molecule has 2 atom stereocenters. The van der Waals surface area contributed by atoms with Gasteiger partial charge in [-0.05, 0) is 81.5 Å². The molecule has 1 fully saturated rings. The Morgan fingerprint density at radius 2 is 1.86 bits per heavy atom. The molecule has 0 amide bonds. The molecular weight excluding hydrogens is 350 g/mol. The van der Waals surface area contributed by atoms with E-state index >= 15 is 0 Å². The summed E-state index contributed by atoms with van der Waals surface area (Å²) in [7, 11) is 3.36. The molecule has 1 saturated heterocycles. The number of nitrogens with one attached hydrogen (secondary N) is 1. The Morgan fingerprint density at radius 3 is 2.50 bits per heavy atom. The fourth-order valence-electron chi connectivity index (χ4n) is 4.36. The quantitative estimate of drug-likeness (QED) is 0.510. The lowest BCUT2D eigenvalue weighted by Gasteiger charge is -2.39. The summed E-state index contributed by atoms with van der Waals surface area (Å²) in [4.78, 5) is 0. The number of benzene rings is 1. The normalized spacial score (nSPS) is 20.2. The first-order valence-electron chi connectivity index (χ1n) is 10.9. The average molecular weight is 392 g/mol. The fraction of sp³-hybridized carbons (Fsp3) is 0.750. The first kappa shape index (κ1) is 23.0. The third-order valence-corrected chi connectivity index (χ3v) is 5.99. The van der Waals surface area contributed by atoms with Crippen molar-refractivity contribution >= 4 is 0 Å². The number of hydrogen-bond donors (Lipinski definition) is 1. The molecule has 0 saturated carbocycles. The maximum atomic E-state index is 5.96. The van der Waals surface area contributed by atoms with Gasteiger partial charge in [-0.1, -0.05) is 26.3 Å². The molecule has 1 aliphatic heterocycles. The highest BCUT2D eigenvalue weighted by atomic mass is 16.5. The van der Waals surface area contributed by atoms with Crippen LogP contribution < -0.4 is 14.8 Å². The molecule has 0 radical (unpaired) electrons. The smallest absolute Gasteiger partial charge is 0.161 e. The molecule has 2 rings (SSSR count). The van der Waals surface area contributed by atoms with Gasteiger partial charge in [-0.3, -0.25) is 0 Å². The van der Waals surface area contributed by atoms with Crippen molar-refractivity contribution in [2.24, 2.45) is 17.8 Å². The van der Waals surface area contributed by atoms with E-state index in [0.717, 1.165) is 48.9 Å². The van der Waals surface area contributed by atoms with Crippen LogP contribution in [0.1, 0.15) is 65.4 Å². The molecule has 0 bridgehead atoms.